The summed E-state index contributed by atoms with van der Waals surface area (Å²) < 4.78 is 2.15. The van der Waals surface area contributed by atoms with Crippen LogP contribution in [0.2, 0.25) is 0 Å². The number of hydrogen-bond donors (Lipinski definition) is 1. The van der Waals surface area contributed by atoms with Gasteiger partial charge in [0.2, 0.25) is 0 Å². The Morgan fingerprint density at radius 2 is 2.40 bits per heavy atom. The lowest BCUT2D eigenvalue weighted by Gasteiger charge is -2.10. The van der Waals surface area contributed by atoms with E-state index in [1.165, 1.54) is 0 Å². The van der Waals surface area contributed by atoms with Crippen LogP contribution in [0.3, 0.4) is 0 Å². The summed E-state index contributed by atoms with van der Waals surface area (Å²) in [5.74, 6) is 0. The third-order valence-corrected chi connectivity index (χ3v) is 3.15. The van der Waals surface area contributed by atoms with Crippen LogP contribution in [0.5, 0.6) is 0 Å². The molecule has 2 heterocycles. The van der Waals surface area contributed by atoms with E-state index in [0.29, 0.717) is 0 Å². The van der Waals surface area contributed by atoms with E-state index in [2.05, 4.69) is 21.0 Å². The molecule has 3 nitrogen and oxygen atoms in total. The van der Waals surface area contributed by atoms with Crippen LogP contribution in [-0.4, -0.2) is 9.55 Å². The Hall–Kier alpha value is -1.13. The lowest BCUT2D eigenvalue weighted by molar-refractivity contribution is 0.668. The van der Waals surface area contributed by atoms with E-state index in [1.807, 2.05) is 26.1 Å². The van der Waals surface area contributed by atoms with Crippen molar-refractivity contribution in [1.82, 2.24) is 9.55 Å². The molecule has 2 aromatic heterocycles. The molecule has 0 amide bonds. The smallest absolute Gasteiger partial charge is 0.0898 e. The van der Waals surface area contributed by atoms with Gasteiger partial charge in [0.25, 0.3) is 0 Å². The maximum Gasteiger partial charge on any atom is 0.0898 e. The molecule has 0 aliphatic carbocycles. The van der Waals surface area contributed by atoms with Crippen molar-refractivity contribution in [3.8, 4) is 0 Å². The van der Waals surface area contributed by atoms with Gasteiger partial charge in [-0.25, -0.2) is 4.98 Å². The minimum absolute atomic E-state index is 0.0692. The Kier molecular flexibility index (Phi) is 2.88. The molecule has 2 N–H and O–H groups in total. The zero-order valence-corrected chi connectivity index (χ0v) is 9.79. The van der Waals surface area contributed by atoms with Gasteiger partial charge in [0.05, 0.1) is 17.2 Å². The predicted molar refractivity (Wildman–Crippen MR) is 63.0 cm³/mol. The molecule has 2 rings (SSSR count). The Morgan fingerprint density at radius 3 is 3.00 bits per heavy atom. The molecule has 0 aliphatic rings. The van der Waals surface area contributed by atoms with Gasteiger partial charge < -0.3 is 10.3 Å². The number of thiazole rings is 1. The van der Waals surface area contributed by atoms with Crippen molar-refractivity contribution in [2.24, 2.45) is 5.73 Å². The standard InChI is InChI=1S/C11H15N3S/c1-8(12)11-4-3-5-14(11)6-10-7-15-9(2)13-10/h3-5,7-8H,6,12H2,1-2H3. The van der Waals surface area contributed by atoms with E-state index < -0.39 is 0 Å². The molecule has 0 radical (unpaired) electrons. The topological polar surface area (TPSA) is 43.8 Å². The summed E-state index contributed by atoms with van der Waals surface area (Å²) in [7, 11) is 0. The molecule has 0 spiro atoms. The fourth-order valence-corrected chi connectivity index (χ4v) is 2.24. The zero-order chi connectivity index (χ0) is 10.8. The van der Waals surface area contributed by atoms with Crippen LogP contribution in [-0.2, 0) is 6.54 Å². The van der Waals surface area contributed by atoms with Gasteiger partial charge in [0.1, 0.15) is 0 Å². The number of nitrogens with two attached hydrogens (primary N) is 1. The minimum Gasteiger partial charge on any atom is -0.344 e. The largest absolute Gasteiger partial charge is 0.344 e. The highest BCUT2D eigenvalue weighted by Gasteiger charge is 2.07. The Balaban J connectivity index is 2.20. The van der Waals surface area contributed by atoms with Gasteiger partial charge in [-0.1, -0.05) is 0 Å². The van der Waals surface area contributed by atoms with Crippen LogP contribution in [0, 0.1) is 6.92 Å². The van der Waals surface area contributed by atoms with Crippen LogP contribution in [0.4, 0.5) is 0 Å². The van der Waals surface area contributed by atoms with Crippen LogP contribution in [0.1, 0.15) is 29.4 Å². The van der Waals surface area contributed by atoms with Gasteiger partial charge in [-0.3, -0.25) is 0 Å². The van der Waals surface area contributed by atoms with Gasteiger partial charge in [-0.05, 0) is 26.0 Å². The van der Waals surface area contributed by atoms with Gasteiger partial charge in [0, 0.05) is 23.3 Å². The molecule has 2 aromatic rings. The molecule has 1 unspecified atom stereocenters. The summed E-state index contributed by atoms with van der Waals surface area (Å²) in [4.78, 5) is 4.44. The minimum atomic E-state index is 0.0692. The maximum atomic E-state index is 5.88. The molecule has 0 saturated heterocycles. The van der Waals surface area contributed by atoms with Crippen molar-refractivity contribution < 1.29 is 0 Å². The van der Waals surface area contributed by atoms with E-state index >= 15 is 0 Å². The lowest BCUT2D eigenvalue weighted by atomic mass is 10.2. The molecule has 1 atom stereocenters. The number of aryl methyl sites for hydroxylation is 1. The first-order valence-corrected chi connectivity index (χ1v) is 5.86. The van der Waals surface area contributed by atoms with Gasteiger partial charge in [-0.15, -0.1) is 11.3 Å². The Labute approximate surface area is 93.6 Å². The molecular formula is C11H15N3S. The van der Waals surface area contributed by atoms with Gasteiger partial charge >= 0.3 is 0 Å². The molecular weight excluding hydrogens is 206 g/mol. The van der Waals surface area contributed by atoms with Gasteiger partial charge in [-0.2, -0.15) is 0 Å². The first-order chi connectivity index (χ1) is 7.16. The molecule has 0 bridgehead atoms. The average molecular weight is 221 g/mol. The molecule has 0 aromatic carbocycles. The second kappa shape index (κ2) is 4.16. The zero-order valence-electron chi connectivity index (χ0n) is 8.97. The summed E-state index contributed by atoms with van der Waals surface area (Å²) in [6.07, 6.45) is 2.05. The quantitative estimate of drug-likeness (QED) is 0.864. The monoisotopic (exact) mass is 221 g/mol. The highest BCUT2D eigenvalue weighted by molar-refractivity contribution is 7.09. The van der Waals surface area contributed by atoms with Crippen LogP contribution in [0.15, 0.2) is 23.7 Å². The van der Waals surface area contributed by atoms with Crippen molar-refractivity contribution in [3.63, 3.8) is 0 Å². The fourth-order valence-electron chi connectivity index (χ4n) is 1.64. The Bertz CT molecular complexity index is 442. The summed E-state index contributed by atoms with van der Waals surface area (Å²) >= 11 is 1.68. The van der Waals surface area contributed by atoms with Crippen molar-refractivity contribution in [1.29, 1.82) is 0 Å². The van der Waals surface area contributed by atoms with Crippen molar-refractivity contribution in [3.05, 3.63) is 40.1 Å². The SMILES string of the molecule is Cc1nc(Cn2cccc2C(C)N)cs1. The Morgan fingerprint density at radius 1 is 1.60 bits per heavy atom. The summed E-state index contributed by atoms with van der Waals surface area (Å²) in [6.45, 7) is 4.84. The van der Waals surface area contributed by atoms with E-state index in [0.717, 1.165) is 22.9 Å². The van der Waals surface area contributed by atoms with E-state index in [-0.39, 0.29) is 6.04 Å². The second-order valence-corrected chi connectivity index (χ2v) is 4.77. The molecule has 80 valence electrons. The second-order valence-electron chi connectivity index (χ2n) is 3.71. The first-order valence-electron chi connectivity index (χ1n) is 4.98. The van der Waals surface area contributed by atoms with Crippen molar-refractivity contribution in [2.45, 2.75) is 26.4 Å². The summed E-state index contributed by atoms with van der Waals surface area (Å²) in [5, 5.41) is 3.21. The number of aromatic nitrogens is 2. The summed E-state index contributed by atoms with van der Waals surface area (Å²) in [5.41, 5.74) is 8.14. The van der Waals surface area contributed by atoms with E-state index in [4.69, 9.17) is 5.73 Å². The maximum absolute atomic E-state index is 5.88. The average Bonchev–Trinajstić information content (AvgIpc) is 2.75. The summed E-state index contributed by atoms with van der Waals surface area (Å²) in [6, 6.07) is 4.15. The van der Waals surface area contributed by atoms with Crippen LogP contribution < -0.4 is 5.73 Å². The molecule has 0 saturated carbocycles. The number of rotatable bonds is 3. The predicted octanol–water partition coefficient (Wildman–Crippen LogP) is 2.32. The third kappa shape index (κ3) is 2.27. The van der Waals surface area contributed by atoms with Crippen molar-refractivity contribution >= 4 is 11.3 Å². The molecule has 4 heteroatoms. The van der Waals surface area contributed by atoms with Crippen LogP contribution >= 0.6 is 11.3 Å². The van der Waals surface area contributed by atoms with Crippen molar-refractivity contribution in [2.75, 3.05) is 0 Å². The fraction of sp³-hybridized carbons (Fsp3) is 0.364. The molecule has 0 fully saturated rings. The number of nitrogens with zero attached hydrogens (tertiary/aromatic N) is 2. The number of hydrogen-bond acceptors (Lipinski definition) is 3. The normalized spacial score (nSPS) is 13.0. The van der Waals surface area contributed by atoms with E-state index in [1.54, 1.807) is 11.3 Å². The highest BCUT2D eigenvalue weighted by atomic mass is 32.1. The molecule has 0 aliphatic heterocycles. The third-order valence-electron chi connectivity index (χ3n) is 2.33. The van der Waals surface area contributed by atoms with Crippen LogP contribution in [0.25, 0.3) is 0 Å². The van der Waals surface area contributed by atoms with E-state index in [9.17, 15) is 0 Å². The highest BCUT2D eigenvalue weighted by Crippen LogP contribution is 2.14. The first kappa shape index (κ1) is 10.4. The van der Waals surface area contributed by atoms with Gasteiger partial charge in [0.15, 0.2) is 0 Å². The molecule has 15 heavy (non-hydrogen) atoms. The lowest BCUT2D eigenvalue weighted by Crippen LogP contribution is -2.12.